The molecule has 80 valence electrons. The van der Waals surface area contributed by atoms with Crippen molar-refractivity contribution in [2.75, 3.05) is 0 Å². The smallest absolute Gasteiger partial charge is 0.0818 e. The molecular weight excluding hydrogens is 174 g/mol. The van der Waals surface area contributed by atoms with E-state index in [-0.39, 0.29) is 0 Å². The van der Waals surface area contributed by atoms with Crippen LogP contribution in [0.5, 0.6) is 0 Å². The first kappa shape index (κ1) is 9.17. The number of hydrogen-bond donors (Lipinski definition) is 1. The topological polar surface area (TPSA) is 21.3 Å². The Kier molecular flexibility index (Phi) is 2.50. The monoisotopic (exact) mass is 195 g/mol. The van der Waals surface area contributed by atoms with Gasteiger partial charge in [0.2, 0.25) is 0 Å². The van der Waals surface area contributed by atoms with E-state index < -0.39 is 0 Å². The summed E-state index contributed by atoms with van der Waals surface area (Å²) in [6.07, 6.45) is 11.7. The van der Waals surface area contributed by atoms with Gasteiger partial charge in [-0.1, -0.05) is 19.3 Å². The maximum Gasteiger partial charge on any atom is 0.0818 e. The molecule has 0 aromatic heterocycles. The minimum atomic E-state index is 0.536. The highest BCUT2D eigenvalue weighted by Gasteiger charge is 2.37. The molecule has 1 saturated heterocycles. The van der Waals surface area contributed by atoms with Crippen molar-refractivity contribution in [1.82, 2.24) is 5.48 Å². The number of hydroxylamine groups is 1. The van der Waals surface area contributed by atoms with Crippen LogP contribution in [-0.2, 0) is 4.84 Å². The van der Waals surface area contributed by atoms with Gasteiger partial charge in [0.05, 0.1) is 6.10 Å². The van der Waals surface area contributed by atoms with Crippen molar-refractivity contribution in [2.45, 2.75) is 63.5 Å². The fraction of sp³-hybridized carbons (Fsp3) is 1.00. The lowest BCUT2D eigenvalue weighted by molar-refractivity contribution is -0.0698. The Morgan fingerprint density at radius 1 is 0.857 bits per heavy atom. The van der Waals surface area contributed by atoms with Crippen molar-refractivity contribution >= 4 is 0 Å². The van der Waals surface area contributed by atoms with E-state index in [9.17, 15) is 0 Å². The Labute approximate surface area is 86.4 Å². The van der Waals surface area contributed by atoms with Gasteiger partial charge in [-0.25, -0.2) is 0 Å². The maximum atomic E-state index is 5.87. The minimum Gasteiger partial charge on any atom is -0.298 e. The van der Waals surface area contributed by atoms with Gasteiger partial charge >= 0.3 is 0 Å². The predicted molar refractivity (Wildman–Crippen MR) is 55.7 cm³/mol. The molecule has 3 aliphatic rings. The van der Waals surface area contributed by atoms with Crippen LogP contribution >= 0.6 is 0 Å². The van der Waals surface area contributed by atoms with E-state index >= 15 is 0 Å². The molecule has 2 heteroatoms. The molecule has 2 nitrogen and oxygen atoms in total. The van der Waals surface area contributed by atoms with E-state index in [0.717, 1.165) is 11.8 Å². The van der Waals surface area contributed by atoms with Crippen LogP contribution in [0.1, 0.15) is 51.4 Å². The summed E-state index contributed by atoms with van der Waals surface area (Å²) in [6, 6.07) is 0.681. The maximum absolute atomic E-state index is 5.87. The third kappa shape index (κ3) is 1.59. The van der Waals surface area contributed by atoms with Crippen molar-refractivity contribution in [3.63, 3.8) is 0 Å². The molecular formula is C12H21NO. The molecule has 1 heterocycles. The summed E-state index contributed by atoms with van der Waals surface area (Å²) in [7, 11) is 0. The molecule has 3 fully saturated rings. The molecule has 3 rings (SSSR count). The van der Waals surface area contributed by atoms with Gasteiger partial charge in [-0.3, -0.25) is 4.84 Å². The summed E-state index contributed by atoms with van der Waals surface area (Å²) < 4.78 is 0. The van der Waals surface area contributed by atoms with Gasteiger partial charge in [0.1, 0.15) is 0 Å². The summed E-state index contributed by atoms with van der Waals surface area (Å²) >= 11 is 0. The Hall–Kier alpha value is -0.0800. The number of rotatable bonds is 0. The number of hydrogen-bond acceptors (Lipinski definition) is 2. The molecule has 4 atom stereocenters. The van der Waals surface area contributed by atoms with Crippen molar-refractivity contribution in [3.05, 3.63) is 0 Å². The molecule has 2 aliphatic carbocycles. The normalized spacial score (nSPS) is 48.0. The molecule has 14 heavy (non-hydrogen) atoms. The molecule has 1 N–H and O–H groups in total. The first-order valence-electron chi connectivity index (χ1n) is 6.34. The predicted octanol–water partition coefficient (Wildman–Crippen LogP) is 2.64. The van der Waals surface area contributed by atoms with Crippen molar-refractivity contribution in [1.29, 1.82) is 0 Å². The summed E-state index contributed by atoms with van der Waals surface area (Å²) in [5.74, 6) is 1.78. The van der Waals surface area contributed by atoms with Gasteiger partial charge in [0.15, 0.2) is 0 Å². The molecule has 2 saturated carbocycles. The van der Waals surface area contributed by atoms with E-state index in [2.05, 4.69) is 5.48 Å². The van der Waals surface area contributed by atoms with E-state index in [1.807, 2.05) is 0 Å². The van der Waals surface area contributed by atoms with Crippen LogP contribution in [0.25, 0.3) is 0 Å². The van der Waals surface area contributed by atoms with Gasteiger partial charge in [0, 0.05) is 6.04 Å². The van der Waals surface area contributed by atoms with E-state index in [0.29, 0.717) is 12.1 Å². The first-order chi connectivity index (χ1) is 6.93. The summed E-state index contributed by atoms with van der Waals surface area (Å²) in [5.41, 5.74) is 3.34. The molecule has 1 aliphatic heterocycles. The van der Waals surface area contributed by atoms with Crippen LogP contribution in [-0.4, -0.2) is 12.1 Å². The van der Waals surface area contributed by atoms with Crippen LogP contribution < -0.4 is 5.48 Å². The van der Waals surface area contributed by atoms with Crippen molar-refractivity contribution in [3.8, 4) is 0 Å². The summed E-state index contributed by atoms with van der Waals surface area (Å²) in [5, 5.41) is 0. The molecule has 0 amide bonds. The lowest BCUT2D eigenvalue weighted by Gasteiger charge is -2.29. The summed E-state index contributed by atoms with van der Waals surface area (Å²) in [4.78, 5) is 5.87. The van der Waals surface area contributed by atoms with Crippen LogP contribution in [0.3, 0.4) is 0 Å². The van der Waals surface area contributed by atoms with Gasteiger partial charge in [-0.2, -0.15) is 5.48 Å². The Morgan fingerprint density at radius 3 is 2.71 bits per heavy atom. The lowest BCUT2D eigenvalue weighted by Crippen LogP contribution is -2.33. The molecule has 0 aromatic rings. The highest BCUT2D eigenvalue weighted by atomic mass is 16.7. The lowest BCUT2D eigenvalue weighted by atomic mass is 9.80. The van der Waals surface area contributed by atoms with Crippen LogP contribution in [0.2, 0.25) is 0 Å². The van der Waals surface area contributed by atoms with Crippen molar-refractivity contribution in [2.24, 2.45) is 11.8 Å². The average molecular weight is 195 g/mol. The fourth-order valence-corrected chi connectivity index (χ4v) is 3.64. The fourth-order valence-electron chi connectivity index (χ4n) is 3.64. The van der Waals surface area contributed by atoms with Gasteiger partial charge in [-0.05, 0) is 43.9 Å². The zero-order valence-corrected chi connectivity index (χ0v) is 8.87. The average Bonchev–Trinajstić information content (AvgIpc) is 2.58. The number of fused-ring (bicyclic) bond motifs is 2. The van der Waals surface area contributed by atoms with Crippen LogP contribution in [0.4, 0.5) is 0 Å². The molecule has 0 radical (unpaired) electrons. The first-order valence-corrected chi connectivity index (χ1v) is 6.34. The highest BCUT2D eigenvalue weighted by molar-refractivity contribution is 4.88. The molecule has 0 aromatic carbocycles. The molecule has 0 bridgehead atoms. The zero-order valence-electron chi connectivity index (χ0n) is 8.87. The number of nitrogens with one attached hydrogen (secondary N) is 1. The summed E-state index contributed by atoms with van der Waals surface area (Å²) in [6.45, 7) is 0. The Balaban J connectivity index is 1.71. The second kappa shape index (κ2) is 3.82. The van der Waals surface area contributed by atoms with E-state index in [1.54, 1.807) is 0 Å². The quantitative estimate of drug-likeness (QED) is 0.641. The van der Waals surface area contributed by atoms with E-state index in [4.69, 9.17) is 4.84 Å². The molecule has 0 spiro atoms. The van der Waals surface area contributed by atoms with E-state index in [1.165, 1.54) is 51.4 Å². The van der Waals surface area contributed by atoms with Gasteiger partial charge < -0.3 is 0 Å². The van der Waals surface area contributed by atoms with Crippen molar-refractivity contribution < 1.29 is 4.84 Å². The van der Waals surface area contributed by atoms with Crippen LogP contribution in [0, 0.1) is 11.8 Å². The highest BCUT2D eigenvalue weighted by Crippen LogP contribution is 2.39. The SMILES string of the molecule is C1CCC2ONC3CCCC3CC2C1. The largest absolute Gasteiger partial charge is 0.298 e. The second-order valence-electron chi connectivity index (χ2n) is 5.35. The third-order valence-electron chi connectivity index (χ3n) is 4.47. The Bertz CT molecular complexity index is 206. The zero-order chi connectivity index (χ0) is 9.38. The standard InChI is InChI=1S/C12H21NO/c1-2-7-12-10(4-1)8-9-5-3-6-11(9)13-14-12/h9-13H,1-8H2. The van der Waals surface area contributed by atoms with Crippen LogP contribution in [0.15, 0.2) is 0 Å². The molecule has 4 unspecified atom stereocenters. The third-order valence-corrected chi connectivity index (χ3v) is 4.47. The van der Waals surface area contributed by atoms with Gasteiger partial charge in [-0.15, -0.1) is 0 Å². The second-order valence-corrected chi connectivity index (χ2v) is 5.35. The van der Waals surface area contributed by atoms with Gasteiger partial charge in [0.25, 0.3) is 0 Å². The Morgan fingerprint density at radius 2 is 1.71 bits per heavy atom. The minimum absolute atomic E-state index is 0.536.